The van der Waals surface area contributed by atoms with E-state index in [-0.39, 0.29) is 45.7 Å². The van der Waals surface area contributed by atoms with Gasteiger partial charge >= 0.3 is 0 Å². The number of phenolic OH excluding ortho intramolecular Hbond substituents is 1. The minimum absolute atomic E-state index is 0.0665. The summed E-state index contributed by atoms with van der Waals surface area (Å²) in [4.78, 5) is 27.1. The highest BCUT2D eigenvalue weighted by Crippen LogP contribution is 2.28. The molecule has 0 aliphatic carbocycles. The fraction of sp³-hybridized carbons (Fsp3) is 0.676. The van der Waals surface area contributed by atoms with E-state index < -0.39 is 9.84 Å². The number of ether oxygens (including phenoxy) is 8. The number of aryl methyl sites for hydroxylation is 1. The van der Waals surface area contributed by atoms with Gasteiger partial charge in [0.25, 0.3) is 0 Å². The third-order valence-corrected chi connectivity index (χ3v) is 10.3. The Labute approximate surface area is 310 Å². The van der Waals surface area contributed by atoms with Crippen molar-refractivity contribution in [1.29, 1.82) is 0 Å². The number of carbonyl (C=O) groups excluding carboxylic acids is 2. The number of aromatic hydroxyl groups is 1. The van der Waals surface area contributed by atoms with Gasteiger partial charge in [-0.1, -0.05) is 23.5 Å². The van der Waals surface area contributed by atoms with Crippen LogP contribution in [0.2, 0.25) is 0 Å². The normalized spacial score (nSPS) is 11.6. The van der Waals surface area contributed by atoms with Gasteiger partial charge in [-0.2, -0.15) is 0 Å². The zero-order chi connectivity index (χ0) is 37.7. The number of nitrogens with one attached hydrogen (secondary N) is 2. The van der Waals surface area contributed by atoms with E-state index in [1.807, 2.05) is 12.1 Å². The molecule has 0 radical (unpaired) electrons. The molecule has 1 heterocycles. The maximum Gasteiger partial charge on any atom is 0.223 e. The lowest BCUT2D eigenvalue weighted by Gasteiger charge is -2.09. The van der Waals surface area contributed by atoms with Gasteiger partial charge in [0.1, 0.15) is 9.96 Å². The van der Waals surface area contributed by atoms with E-state index in [2.05, 4.69) is 15.6 Å². The second-order valence-electron chi connectivity index (χ2n) is 11.2. The van der Waals surface area contributed by atoms with E-state index in [0.29, 0.717) is 124 Å². The van der Waals surface area contributed by atoms with Crippen LogP contribution < -0.4 is 10.6 Å². The van der Waals surface area contributed by atoms with Crippen LogP contribution in [0.5, 0.6) is 5.75 Å². The molecule has 0 saturated heterocycles. The third-order valence-electron chi connectivity index (χ3n) is 6.77. The number of amides is 2. The summed E-state index contributed by atoms with van der Waals surface area (Å²) < 4.78 is 68.9. The van der Waals surface area contributed by atoms with Gasteiger partial charge in [-0.15, -0.1) is 0 Å². The Hall–Kier alpha value is -2.78. The average Bonchev–Trinajstić information content (AvgIpc) is 3.48. The van der Waals surface area contributed by atoms with Crippen LogP contribution in [-0.4, -0.2) is 148 Å². The molecule has 2 rings (SSSR count). The van der Waals surface area contributed by atoms with Crippen molar-refractivity contribution in [3.63, 3.8) is 0 Å². The van der Waals surface area contributed by atoms with Crippen LogP contribution in [0.4, 0.5) is 5.13 Å². The summed E-state index contributed by atoms with van der Waals surface area (Å²) in [6, 6.07) is 6.91. The van der Waals surface area contributed by atoms with Gasteiger partial charge in [-0.05, 0) is 37.5 Å². The van der Waals surface area contributed by atoms with E-state index >= 15 is 0 Å². The number of benzene rings is 1. The quantitative estimate of drug-likeness (QED) is 0.0891. The Morgan fingerprint density at radius 3 is 1.62 bits per heavy atom. The lowest BCUT2D eigenvalue weighted by Crippen LogP contribution is -2.26. The van der Waals surface area contributed by atoms with Crippen LogP contribution in [0.15, 0.2) is 28.5 Å². The van der Waals surface area contributed by atoms with Crippen LogP contribution in [0, 0.1) is 6.92 Å². The highest BCUT2D eigenvalue weighted by atomic mass is 32.2. The number of thiazole rings is 1. The largest absolute Gasteiger partial charge is 0.508 e. The molecule has 0 bridgehead atoms. The molecule has 2 aromatic rings. The lowest BCUT2D eigenvalue weighted by molar-refractivity contribution is -0.122. The summed E-state index contributed by atoms with van der Waals surface area (Å²) in [7, 11) is -3.50. The van der Waals surface area contributed by atoms with E-state index in [1.54, 1.807) is 19.1 Å². The van der Waals surface area contributed by atoms with E-state index in [4.69, 9.17) is 37.9 Å². The van der Waals surface area contributed by atoms with Crippen LogP contribution in [-0.2, 0) is 63.7 Å². The average molecular weight is 778 g/mol. The van der Waals surface area contributed by atoms with Gasteiger partial charge in [-0.3, -0.25) is 9.59 Å². The minimum Gasteiger partial charge on any atom is -0.508 e. The first-order valence-corrected chi connectivity index (χ1v) is 19.8. The van der Waals surface area contributed by atoms with Gasteiger partial charge in [-0.25, -0.2) is 13.4 Å². The number of nitrogens with zero attached hydrogens (tertiary/aromatic N) is 1. The molecule has 52 heavy (non-hydrogen) atoms. The molecule has 0 aliphatic rings. The molecule has 18 heteroatoms. The first-order chi connectivity index (χ1) is 25.2. The highest BCUT2D eigenvalue weighted by molar-refractivity contribution is 7.93. The fourth-order valence-electron chi connectivity index (χ4n) is 4.22. The van der Waals surface area contributed by atoms with Gasteiger partial charge in [0.2, 0.25) is 11.8 Å². The molecule has 0 spiro atoms. The lowest BCUT2D eigenvalue weighted by atomic mass is 10.1. The first kappa shape index (κ1) is 45.4. The molecular weight excluding hydrogens is 723 g/mol. The molecule has 0 fully saturated rings. The maximum atomic E-state index is 12.6. The number of rotatable bonds is 33. The Morgan fingerprint density at radius 2 is 1.15 bits per heavy atom. The predicted octanol–water partition coefficient (Wildman–Crippen LogP) is 2.16. The number of aromatic nitrogens is 1. The molecule has 1 aromatic heterocycles. The fourth-order valence-corrected chi connectivity index (χ4v) is 7.14. The Kier molecular flexibility index (Phi) is 25.0. The van der Waals surface area contributed by atoms with Crippen LogP contribution in [0.3, 0.4) is 0 Å². The number of hydrogen-bond donors (Lipinski definition) is 3. The Bertz CT molecular complexity index is 1340. The molecule has 2 amide bonds. The standard InChI is InChI=1S/C34H55N3O13S2/c1-28-33(51-34(36-28)37-29(2)38)52(41,42)27-3-11-43-13-15-45-17-19-47-21-23-49-25-26-50-24-22-48-20-18-46-16-14-44-12-9-32(40)35-10-8-30-4-6-31(39)7-5-30/h4-7,39H,3,8-27H2,1-2H3,(H,35,40)(H,36,37,38). The summed E-state index contributed by atoms with van der Waals surface area (Å²) in [5.41, 5.74) is 1.42. The zero-order valence-electron chi connectivity index (χ0n) is 30.3. The Morgan fingerprint density at radius 1 is 0.712 bits per heavy atom. The van der Waals surface area contributed by atoms with Gasteiger partial charge in [0, 0.05) is 26.5 Å². The summed E-state index contributed by atoms with van der Waals surface area (Å²) in [6.45, 7) is 10.0. The molecule has 0 unspecified atom stereocenters. The second kappa shape index (κ2) is 28.7. The third kappa shape index (κ3) is 23.0. The topological polar surface area (TPSA) is 199 Å². The predicted molar refractivity (Wildman–Crippen MR) is 194 cm³/mol. The molecule has 0 saturated carbocycles. The summed E-state index contributed by atoms with van der Waals surface area (Å²) in [5, 5.41) is 14.9. The molecule has 0 aliphatic heterocycles. The van der Waals surface area contributed by atoms with Crippen molar-refractivity contribution < 1.29 is 61.0 Å². The number of carbonyl (C=O) groups is 2. The summed E-state index contributed by atoms with van der Waals surface area (Å²) in [6.07, 6.45) is 1.32. The van der Waals surface area contributed by atoms with Crippen molar-refractivity contribution in [2.75, 3.05) is 123 Å². The van der Waals surface area contributed by atoms with Crippen molar-refractivity contribution in [3.8, 4) is 5.75 Å². The number of anilines is 1. The number of hydrogen-bond acceptors (Lipinski definition) is 15. The highest BCUT2D eigenvalue weighted by Gasteiger charge is 2.22. The minimum atomic E-state index is -3.50. The van der Waals surface area contributed by atoms with Gasteiger partial charge in [0.05, 0.1) is 111 Å². The first-order valence-electron chi connectivity index (χ1n) is 17.3. The van der Waals surface area contributed by atoms with Crippen LogP contribution in [0.1, 0.15) is 31.0 Å². The van der Waals surface area contributed by atoms with Gasteiger partial charge < -0.3 is 53.6 Å². The molecule has 1 aromatic carbocycles. The monoisotopic (exact) mass is 777 g/mol. The molecular formula is C34H55N3O13S2. The second-order valence-corrected chi connectivity index (χ2v) is 14.5. The van der Waals surface area contributed by atoms with Crippen molar-refractivity contribution in [3.05, 3.63) is 35.5 Å². The van der Waals surface area contributed by atoms with E-state index in [1.165, 1.54) is 6.92 Å². The van der Waals surface area contributed by atoms with Crippen molar-refractivity contribution in [1.82, 2.24) is 10.3 Å². The van der Waals surface area contributed by atoms with E-state index in [9.17, 15) is 23.1 Å². The van der Waals surface area contributed by atoms with Crippen molar-refractivity contribution in [2.24, 2.45) is 0 Å². The van der Waals surface area contributed by atoms with Crippen molar-refractivity contribution in [2.45, 2.75) is 37.3 Å². The van der Waals surface area contributed by atoms with Crippen LogP contribution in [0.25, 0.3) is 0 Å². The molecule has 0 atom stereocenters. The SMILES string of the molecule is CC(=O)Nc1nc(C)c(S(=O)(=O)CCCOCCOCCOCCOCCOCCOCCOCCOCCC(=O)NCCc2ccc(O)cc2)s1. The van der Waals surface area contributed by atoms with E-state index in [0.717, 1.165) is 16.9 Å². The summed E-state index contributed by atoms with van der Waals surface area (Å²) >= 11 is 0.954. The number of phenols is 1. The number of sulfone groups is 1. The smallest absolute Gasteiger partial charge is 0.223 e. The zero-order valence-corrected chi connectivity index (χ0v) is 31.9. The molecule has 3 N–H and O–H groups in total. The van der Waals surface area contributed by atoms with Crippen molar-refractivity contribution >= 4 is 38.1 Å². The summed E-state index contributed by atoms with van der Waals surface area (Å²) in [5.74, 6) is -0.215. The molecule has 296 valence electrons. The molecule has 16 nitrogen and oxygen atoms in total. The maximum absolute atomic E-state index is 12.6. The van der Waals surface area contributed by atoms with Crippen LogP contribution >= 0.6 is 11.3 Å². The Balaban J connectivity index is 1.23. The van der Waals surface area contributed by atoms with Gasteiger partial charge in [0.15, 0.2) is 15.0 Å².